The summed E-state index contributed by atoms with van der Waals surface area (Å²) in [6, 6.07) is 3.72. The van der Waals surface area contributed by atoms with Crippen molar-refractivity contribution in [3.8, 4) is 6.07 Å². The van der Waals surface area contributed by atoms with Crippen molar-refractivity contribution in [2.45, 2.75) is 25.7 Å². The largest absolute Gasteiger partial charge is 0.446 e. The van der Waals surface area contributed by atoms with Crippen molar-refractivity contribution < 1.29 is 19.1 Å². The highest BCUT2D eigenvalue weighted by molar-refractivity contribution is 5.88. The van der Waals surface area contributed by atoms with E-state index in [1.54, 1.807) is 17.2 Å². The normalized spacial score (nSPS) is 16.4. The summed E-state index contributed by atoms with van der Waals surface area (Å²) in [7, 11) is 0. The molecule has 1 aliphatic heterocycles. The Morgan fingerprint density at radius 1 is 1.30 bits per heavy atom. The van der Waals surface area contributed by atoms with Crippen molar-refractivity contribution in [1.29, 1.82) is 5.26 Å². The van der Waals surface area contributed by atoms with Gasteiger partial charge in [-0.1, -0.05) is 0 Å². The fourth-order valence-corrected chi connectivity index (χ4v) is 3.67. The number of nitrogens with two attached hydrogens (primary N) is 1. The van der Waals surface area contributed by atoms with Gasteiger partial charge in [-0.05, 0) is 31.2 Å². The quantitative estimate of drug-likeness (QED) is 0.634. The molecule has 1 atom stereocenters. The number of ether oxygens (including phenoxy) is 2. The molecule has 1 fully saturated rings. The summed E-state index contributed by atoms with van der Waals surface area (Å²) >= 11 is 0. The molecule has 3 heterocycles. The molecule has 0 radical (unpaired) electrons. The lowest BCUT2D eigenvalue weighted by Gasteiger charge is -2.32. The Labute approximate surface area is 174 Å². The number of fused-ring (bicyclic) bond motifs is 1. The van der Waals surface area contributed by atoms with Crippen LogP contribution in [0.1, 0.15) is 25.0 Å². The van der Waals surface area contributed by atoms with E-state index >= 15 is 0 Å². The highest BCUT2D eigenvalue weighted by Gasteiger charge is 2.25. The van der Waals surface area contributed by atoms with Gasteiger partial charge < -0.3 is 20.1 Å². The first-order valence-corrected chi connectivity index (χ1v) is 10.0. The third kappa shape index (κ3) is 5.31. The van der Waals surface area contributed by atoms with E-state index in [-0.39, 0.29) is 31.5 Å². The van der Waals surface area contributed by atoms with Crippen LogP contribution in [0.5, 0.6) is 0 Å². The molecule has 0 aliphatic carbocycles. The summed E-state index contributed by atoms with van der Waals surface area (Å²) in [6.07, 6.45) is 4.98. The average Bonchev–Trinajstić information content (AvgIpc) is 3.19. The van der Waals surface area contributed by atoms with Crippen molar-refractivity contribution in [2.24, 2.45) is 11.7 Å². The third-order valence-electron chi connectivity index (χ3n) is 5.06. The fraction of sp³-hybridized carbons (Fsp3) is 0.550. The Hall–Kier alpha value is -3.03. The molecule has 10 nitrogen and oxygen atoms in total. The van der Waals surface area contributed by atoms with Gasteiger partial charge in [-0.25, -0.2) is 19.3 Å². The van der Waals surface area contributed by atoms with E-state index in [2.05, 4.69) is 9.97 Å². The lowest BCUT2D eigenvalue weighted by molar-refractivity contribution is -0.131. The van der Waals surface area contributed by atoms with Crippen LogP contribution >= 0.6 is 0 Å². The lowest BCUT2D eigenvalue weighted by Crippen LogP contribution is -2.40. The van der Waals surface area contributed by atoms with Gasteiger partial charge in [0.25, 0.3) is 0 Å². The zero-order chi connectivity index (χ0) is 21.3. The number of nitrogens with zero attached hydrogens (tertiary/aromatic N) is 5. The maximum Gasteiger partial charge on any atom is 0.419 e. The second-order valence-corrected chi connectivity index (χ2v) is 7.15. The van der Waals surface area contributed by atoms with Crippen molar-refractivity contribution in [1.82, 2.24) is 19.4 Å². The van der Waals surface area contributed by atoms with Crippen LogP contribution in [0, 0.1) is 17.2 Å². The Morgan fingerprint density at radius 3 is 2.97 bits per heavy atom. The molecule has 0 aromatic carbocycles. The fourth-order valence-electron chi connectivity index (χ4n) is 3.67. The van der Waals surface area contributed by atoms with E-state index in [9.17, 15) is 9.59 Å². The van der Waals surface area contributed by atoms with Crippen LogP contribution in [0.4, 0.5) is 4.79 Å². The first-order chi connectivity index (χ1) is 14.6. The van der Waals surface area contributed by atoms with Gasteiger partial charge in [-0.2, -0.15) is 5.26 Å². The number of hydrogen-bond acceptors (Lipinski definition) is 8. The van der Waals surface area contributed by atoms with Crippen LogP contribution in [-0.4, -0.2) is 70.9 Å². The zero-order valence-corrected chi connectivity index (χ0v) is 16.8. The molecule has 160 valence electrons. The minimum absolute atomic E-state index is 0.0906. The summed E-state index contributed by atoms with van der Waals surface area (Å²) in [5.41, 5.74) is 6.66. The second kappa shape index (κ2) is 10.7. The number of carbonyl (C=O) groups is 2. The van der Waals surface area contributed by atoms with E-state index in [1.807, 2.05) is 6.07 Å². The summed E-state index contributed by atoms with van der Waals surface area (Å²) in [6.45, 7) is 2.55. The summed E-state index contributed by atoms with van der Waals surface area (Å²) in [4.78, 5) is 34.8. The van der Waals surface area contributed by atoms with E-state index < -0.39 is 6.09 Å². The molecule has 1 saturated heterocycles. The zero-order valence-electron chi connectivity index (χ0n) is 16.8. The van der Waals surface area contributed by atoms with Crippen LogP contribution in [0.25, 0.3) is 11.0 Å². The van der Waals surface area contributed by atoms with Crippen LogP contribution in [0.15, 0.2) is 18.6 Å². The SMILES string of the molecule is N#CCC(=O)N1CCC[C@@H](Cc2ncnc3c2ccn3C(=O)OCCOCCN)C1. The lowest BCUT2D eigenvalue weighted by atomic mass is 9.92. The number of aromatic nitrogens is 3. The van der Waals surface area contributed by atoms with Crippen LogP contribution in [0.2, 0.25) is 0 Å². The molecule has 10 heteroatoms. The smallest absolute Gasteiger partial charge is 0.419 e. The van der Waals surface area contributed by atoms with Crippen molar-refractivity contribution >= 4 is 23.0 Å². The molecular formula is C20H26N6O4. The molecule has 2 aromatic rings. The Kier molecular flexibility index (Phi) is 7.70. The maximum atomic E-state index is 12.4. The van der Waals surface area contributed by atoms with Crippen LogP contribution < -0.4 is 5.73 Å². The molecular weight excluding hydrogens is 388 g/mol. The van der Waals surface area contributed by atoms with Crippen molar-refractivity contribution in [2.75, 3.05) is 39.5 Å². The van der Waals surface area contributed by atoms with E-state index in [4.69, 9.17) is 20.5 Å². The van der Waals surface area contributed by atoms with E-state index in [0.29, 0.717) is 38.3 Å². The van der Waals surface area contributed by atoms with Gasteiger partial charge in [0, 0.05) is 31.2 Å². The summed E-state index contributed by atoms with van der Waals surface area (Å²) in [5.74, 6) is 0.119. The number of piperidine rings is 1. The highest BCUT2D eigenvalue weighted by Crippen LogP contribution is 2.24. The number of carbonyl (C=O) groups excluding carboxylic acids is 2. The molecule has 0 spiro atoms. The monoisotopic (exact) mass is 414 g/mol. The third-order valence-corrected chi connectivity index (χ3v) is 5.06. The van der Waals surface area contributed by atoms with E-state index in [1.165, 1.54) is 10.9 Å². The topological polar surface area (TPSA) is 136 Å². The summed E-state index contributed by atoms with van der Waals surface area (Å²) < 4.78 is 11.8. The second-order valence-electron chi connectivity index (χ2n) is 7.15. The van der Waals surface area contributed by atoms with Gasteiger partial charge >= 0.3 is 6.09 Å². The van der Waals surface area contributed by atoms with Crippen LogP contribution in [0.3, 0.4) is 0 Å². The van der Waals surface area contributed by atoms with Crippen molar-refractivity contribution in [3.63, 3.8) is 0 Å². The standard InChI is InChI=1S/C20H26N6O4/c21-5-3-18(27)25-7-1-2-15(13-25)12-17-16-4-8-26(19(16)24-14-23-17)20(28)30-11-10-29-9-6-22/h4,8,14-15H,1-3,6-7,9-13,22H2/t15-/m0/s1. The Bertz CT molecular complexity index is 922. The molecule has 1 aliphatic rings. The Morgan fingerprint density at radius 2 is 2.17 bits per heavy atom. The van der Waals surface area contributed by atoms with Crippen molar-refractivity contribution in [3.05, 3.63) is 24.3 Å². The first-order valence-electron chi connectivity index (χ1n) is 10.0. The Balaban J connectivity index is 1.66. The summed E-state index contributed by atoms with van der Waals surface area (Å²) in [5, 5.41) is 9.55. The maximum absolute atomic E-state index is 12.4. The average molecular weight is 414 g/mol. The molecule has 3 rings (SSSR count). The molecule has 2 N–H and O–H groups in total. The number of rotatable bonds is 8. The molecule has 0 bridgehead atoms. The van der Waals surface area contributed by atoms with Gasteiger partial charge in [0.15, 0.2) is 5.65 Å². The number of hydrogen-bond donors (Lipinski definition) is 1. The molecule has 1 amide bonds. The predicted molar refractivity (Wildman–Crippen MR) is 107 cm³/mol. The minimum atomic E-state index is -0.531. The predicted octanol–water partition coefficient (Wildman–Crippen LogP) is 1.09. The number of likely N-dealkylation sites (tertiary alicyclic amines) is 1. The van der Waals surface area contributed by atoms with Crippen LogP contribution in [-0.2, 0) is 20.7 Å². The first kappa shape index (κ1) is 21.7. The van der Waals surface area contributed by atoms with Gasteiger partial charge in [-0.3, -0.25) is 4.79 Å². The minimum Gasteiger partial charge on any atom is -0.446 e. The van der Waals surface area contributed by atoms with Gasteiger partial charge in [0.05, 0.1) is 25.0 Å². The molecule has 0 unspecified atom stereocenters. The molecule has 2 aromatic heterocycles. The highest BCUT2D eigenvalue weighted by atomic mass is 16.6. The van der Waals surface area contributed by atoms with Gasteiger partial charge in [0.1, 0.15) is 19.4 Å². The van der Waals surface area contributed by atoms with Gasteiger partial charge in [-0.15, -0.1) is 0 Å². The number of amides is 1. The number of nitriles is 1. The molecule has 0 saturated carbocycles. The van der Waals surface area contributed by atoms with E-state index in [0.717, 1.165) is 23.9 Å². The molecule has 30 heavy (non-hydrogen) atoms. The van der Waals surface area contributed by atoms with Gasteiger partial charge in [0.2, 0.25) is 5.91 Å².